The number of hydrogen-bond donors (Lipinski definition) is 1. The van der Waals surface area contributed by atoms with Crippen LogP contribution in [-0.4, -0.2) is 56.7 Å². The van der Waals surface area contributed by atoms with E-state index in [0.29, 0.717) is 29.7 Å². The van der Waals surface area contributed by atoms with Crippen LogP contribution in [0.15, 0.2) is 54.2 Å². The summed E-state index contributed by atoms with van der Waals surface area (Å²) in [5, 5.41) is 12.1. The summed E-state index contributed by atoms with van der Waals surface area (Å²) in [5.74, 6) is 0.306. The number of aliphatic hydroxyl groups is 1. The predicted molar refractivity (Wildman–Crippen MR) is 100 cm³/mol. The zero-order chi connectivity index (χ0) is 18.6. The van der Waals surface area contributed by atoms with Gasteiger partial charge < -0.3 is 14.7 Å². The van der Waals surface area contributed by atoms with Crippen molar-refractivity contribution in [1.82, 2.24) is 19.9 Å². The number of rotatable bonds is 4. The Balaban J connectivity index is 1.64. The Bertz CT molecular complexity index is 904. The molecule has 1 aromatic carbocycles. The molecule has 0 aliphatic carbocycles. The lowest BCUT2D eigenvalue weighted by Crippen LogP contribution is -2.49. The Hall–Kier alpha value is -2.68. The molecule has 1 N–H and O–H groups in total. The fourth-order valence-electron chi connectivity index (χ4n) is 3.19. The molecule has 2 atom stereocenters. The van der Waals surface area contributed by atoms with Crippen LogP contribution in [0.4, 0.5) is 0 Å². The minimum atomic E-state index is -0.472. The van der Waals surface area contributed by atoms with E-state index >= 15 is 0 Å². The van der Waals surface area contributed by atoms with Crippen molar-refractivity contribution in [3.63, 3.8) is 0 Å². The molecule has 0 unspecified atom stereocenters. The summed E-state index contributed by atoms with van der Waals surface area (Å²) in [6, 6.07) is 11.0. The Morgan fingerprint density at radius 3 is 2.74 bits per heavy atom. The number of benzene rings is 1. The fourth-order valence-corrected chi connectivity index (χ4v) is 3.93. The molecule has 7 nitrogen and oxygen atoms in total. The Morgan fingerprint density at radius 2 is 2.00 bits per heavy atom. The molecule has 27 heavy (non-hydrogen) atoms. The van der Waals surface area contributed by atoms with Crippen molar-refractivity contribution in [2.75, 3.05) is 19.8 Å². The van der Waals surface area contributed by atoms with E-state index < -0.39 is 6.10 Å². The first-order chi connectivity index (χ1) is 13.3. The third kappa shape index (κ3) is 3.59. The second-order valence-electron chi connectivity index (χ2n) is 6.06. The van der Waals surface area contributed by atoms with E-state index in [2.05, 4.69) is 15.0 Å². The predicted octanol–water partition coefficient (Wildman–Crippen LogP) is 2.17. The molecular formula is C19H18N4O3S. The topological polar surface area (TPSA) is 88.4 Å². The third-order valence-electron chi connectivity index (χ3n) is 4.41. The van der Waals surface area contributed by atoms with Gasteiger partial charge in [-0.2, -0.15) is 0 Å². The van der Waals surface area contributed by atoms with Crippen molar-refractivity contribution >= 4 is 17.2 Å². The molecule has 2 aromatic heterocycles. The van der Waals surface area contributed by atoms with Gasteiger partial charge in [0.05, 0.1) is 19.3 Å². The number of morpholine rings is 1. The lowest BCUT2D eigenvalue weighted by atomic mass is 9.98. The number of thiazole rings is 1. The van der Waals surface area contributed by atoms with Crippen LogP contribution in [-0.2, 0) is 4.74 Å². The highest BCUT2D eigenvalue weighted by Gasteiger charge is 2.37. The molecule has 4 rings (SSSR count). The largest absolute Gasteiger partial charge is 0.394 e. The summed E-state index contributed by atoms with van der Waals surface area (Å²) < 4.78 is 5.70. The molecule has 1 saturated heterocycles. The first-order valence-corrected chi connectivity index (χ1v) is 9.47. The van der Waals surface area contributed by atoms with Gasteiger partial charge in [-0.25, -0.2) is 15.0 Å². The van der Waals surface area contributed by atoms with Crippen LogP contribution in [0.2, 0.25) is 0 Å². The van der Waals surface area contributed by atoms with Gasteiger partial charge in [0.25, 0.3) is 5.91 Å². The highest BCUT2D eigenvalue weighted by Crippen LogP contribution is 2.31. The smallest absolute Gasteiger partial charge is 0.274 e. The second-order valence-corrected chi connectivity index (χ2v) is 6.91. The summed E-state index contributed by atoms with van der Waals surface area (Å²) >= 11 is 1.33. The SMILES string of the molecule is O=C(c1csc(-c2ncccn2)n1)N1CCO[C@@H](CO)[C@@H]1c1ccccc1. The van der Waals surface area contributed by atoms with E-state index in [4.69, 9.17) is 4.74 Å². The van der Waals surface area contributed by atoms with E-state index in [1.54, 1.807) is 28.7 Å². The van der Waals surface area contributed by atoms with Crippen molar-refractivity contribution in [2.24, 2.45) is 0 Å². The molecule has 138 valence electrons. The number of aliphatic hydroxyl groups excluding tert-OH is 1. The number of aromatic nitrogens is 3. The van der Waals surface area contributed by atoms with Crippen LogP contribution < -0.4 is 0 Å². The average Bonchev–Trinajstić information content (AvgIpc) is 3.24. The maximum atomic E-state index is 13.2. The van der Waals surface area contributed by atoms with Crippen molar-refractivity contribution in [2.45, 2.75) is 12.1 Å². The highest BCUT2D eigenvalue weighted by atomic mass is 32.1. The molecule has 1 fully saturated rings. The number of hydrogen-bond acceptors (Lipinski definition) is 7. The molecule has 1 aliphatic heterocycles. The van der Waals surface area contributed by atoms with Crippen molar-refractivity contribution < 1.29 is 14.6 Å². The van der Waals surface area contributed by atoms with Crippen molar-refractivity contribution in [3.8, 4) is 10.8 Å². The van der Waals surface area contributed by atoms with E-state index in [1.165, 1.54) is 11.3 Å². The average molecular weight is 382 g/mol. The quantitative estimate of drug-likeness (QED) is 0.744. The Labute approximate surface area is 160 Å². The van der Waals surface area contributed by atoms with Crippen LogP contribution in [0.3, 0.4) is 0 Å². The van der Waals surface area contributed by atoms with Gasteiger partial charge in [-0.3, -0.25) is 4.79 Å². The standard InChI is InChI=1S/C19H18N4O3S/c24-11-15-16(13-5-2-1-3-6-13)23(9-10-26-15)19(25)14-12-27-18(22-14)17-20-7-4-8-21-17/h1-8,12,15-16,24H,9-11H2/t15-,16-/m0/s1. The number of ether oxygens (including phenoxy) is 1. The first-order valence-electron chi connectivity index (χ1n) is 8.59. The molecule has 0 radical (unpaired) electrons. The lowest BCUT2D eigenvalue weighted by Gasteiger charge is -2.40. The summed E-state index contributed by atoms with van der Waals surface area (Å²) in [6.45, 7) is 0.645. The maximum absolute atomic E-state index is 13.2. The summed E-state index contributed by atoms with van der Waals surface area (Å²) in [6.07, 6.45) is 2.82. The number of carbonyl (C=O) groups excluding carboxylic acids is 1. The highest BCUT2D eigenvalue weighted by molar-refractivity contribution is 7.13. The van der Waals surface area contributed by atoms with E-state index in [1.807, 2.05) is 30.3 Å². The van der Waals surface area contributed by atoms with Crippen LogP contribution in [0.25, 0.3) is 10.8 Å². The molecule has 8 heteroatoms. The van der Waals surface area contributed by atoms with Crippen molar-refractivity contribution in [3.05, 3.63) is 65.4 Å². The van der Waals surface area contributed by atoms with Gasteiger partial charge in [-0.15, -0.1) is 11.3 Å². The summed E-state index contributed by atoms with van der Waals surface area (Å²) in [5.41, 5.74) is 1.27. The lowest BCUT2D eigenvalue weighted by molar-refractivity contribution is -0.0812. The zero-order valence-corrected chi connectivity index (χ0v) is 15.2. The van der Waals surface area contributed by atoms with E-state index in [-0.39, 0.29) is 18.6 Å². The van der Waals surface area contributed by atoms with Crippen LogP contribution in [0.1, 0.15) is 22.1 Å². The van der Waals surface area contributed by atoms with Gasteiger partial charge in [-0.05, 0) is 11.6 Å². The van der Waals surface area contributed by atoms with Gasteiger partial charge in [0.15, 0.2) is 10.8 Å². The summed E-state index contributed by atoms with van der Waals surface area (Å²) in [4.78, 5) is 27.7. The minimum Gasteiger partial charge on any atom is -0.394 e. The monoisotopic (exact) mass is 382 g/mol. The van der Waals surface area contributed by atoms with Gasteiger partial charge in [0, 0.05) is 24.3 Å². The van der Waals surface area contributed by atoms with E-state index in [9.17, 15) is 9.90 Å². The molecule has 0 bridgehead atoms. The second kappa shape index (κ2) is 7.91. The van der Waals surface area contributed by atoms with Crippen LogP contribution in [0, 0.1) is 0 Å². The Morgan fingerprint density at radius 1 is 1.22 bits per heavy atom. The normalized spacial score (nSPS) is 19.8. The molecule has 3 heterocycles. The zero-order valence-electron chi connectivity index (χ0n) is 14.4. The third-order valence-corrected chi connectivity index (χ3v) is 5.25. The van der Waals surface area contributed by atoms with Gasteiger partial charge >= 0.3 is 0 Å². The fraction of sp³-hybridized carbons (Fsp3) is 0.263. The summed E-state index contributed by atoms with van der Waals surface area (Å²) in [7, 11) is 0. The molecule has 0 saturated carbocycles. The molecule has 0 spiro atoms. The number of nitrogens with zero attached hydrogens (tertiary/aromatic N) is 4. The molecule has 1 amide bonds. The van der Waals surface area contributed by atoms with E-state index in [0.717, 1.165) is 5.56 Å². The van der Waals surface area contributed by atoms with Crippen LogP contribution in [0.5, 0.6) is 0 Å². The van der Waals surface area contributed by atoms with Gasteiger partial charge in [0.1, 0.15) is 11.8 Å². The van der Waals surface area contributed by atoms with Crippen molar-refractivity contribution in [1.29, 1.82) is 0 Å². The molecular weight excluding hydrogens is 364 g/mol. The number of amides is 1. The van der Waals surface area contributed by atoms with Gasteiger partial charge in [-0.1, -0.05) is 30.3 Å². The minimum absolute atomic E-state index is 0.163. The van der Waals surface area contributed by atoms with Crippen LogP contribution >= 0.6 is 11.3 Å². The van der Waals surface area contributed by atoms with Gasteiger partial charge in [0.2, 0.25) is 0 Å². The Kier molecular flexibility index (Phi) is 5.19. The number of carbonyl (C=O) groups is 1. The molecule has 1 aliphatic rings. The maximum Gasteiger partial charge on any atom is 0.274 e. The first kappa shape index (κ1) is 17.7. The molecule has 3 aromatic rings.